The van der Waals surface area contributed by atoms with Gasteiger partial charge in [-0.1, -0.05) is 95.4 Å². The molecule has 0 unspecified atom stereocenters. The minimum absolute atomic E-state index is 0.639. The molecule has 0 radical (unpaired) electrons. The van der Waals surface area contributed by atoms with E-state index in [2.05, 4.69) is 13.0 Å². The van der Waals surface area contributed by atoms with Crippen molar-refractivity contribution in [3.63, 3.8) is 0 Å². The second-order valence-electron chi connectivity index (χ2n) is 5.99. The monoisotopic (exact) mass is 322 g/mol. The first-order valence-corrected chi connectivity index (χ1v) is 9.14. The summed E-state index contributed by atoms with van der Waals surface area (Å²) in [6, 6.07) is 0. The van der Waals surface area contributed by atoms with Crippen LogP contribution in [0.4, 0.5) is 0 Å². The van der Waals surface area contributed by atoms with E-state index < -0.39 is 11.7 Å². The zero-order valence-electron chi connectivity index (χ0n) is 14.7. The average Bonchev–Trinajstić information content (AvgIpc) is 2.54. The van der Waals surface area contributed by atoms with Gasteiger partial charge in [0.05, 0.1) is 0 Å². The Bertz CT molecular complexity index is 367. The topological polar surface area (TPSA) is 57.5 Å². The highest BCUT2D eigenvalue weighted by molar-refractivity contribution is 5.83. The van der Waals surface area contributed by atoms with Crippen LogP contribution in [0.1, 0.15) is 84.0 Å². The summed E-state index contributed by atoms with van der Waals surface area (Å²) in [4.78, 5) is 10.3. The number of allylic oxidation sites excluding steroid dienone is 5. The van der Waals surface area contributed by atoms with Gasteiger partial charge in [-0.25, -0.2) is 4.79 Å². The number of aliphatic hydroxyl groups excluding tert-OH is 1. The van der Waals surface area contributed by atoms with Gasteiger partial charge in [0, 0.05) is 0 Å². The van der Waals surface area contributed by atoms with Crippen LogP contribution in [0.3, 0.4) is 0 Å². The van der Waals surface area contributed by atoms with Gasteiger partial charge in [-0.05, 0) is 18.9 Å². The number of carboxylic acids is 1. The van der Waals surface area contributed by atoms with Crippen LogP contribution in [0.2, 0.25) is 0 Å². The van der Waals surface area contributed by atoms with E-state index in [0.717, 1.165) is 6.42 Å². The van der Waals surface area contributed by atoms with E-state index in [9.17, 15) is 4.79 Å². The van der Waals surface area contributed by atoms with Gasteiger partial charge >= 0.3 is 5.97 Å². The molecule has 3 nitrogen and oxygen atoms in total. The lowest BCUT2D eigenvalue weighted by atomic mass is 10.1. The SMILES string of the molecule is CCCCCCCCCCCCC/C=C/C=C/C=C(\O)C(=O)O. The van der Waals surface area contributed by atoms with Crippen LogP contribution in [0.5, 0.6) is 0 Å². The molecule has 0 fully saturated rings. The van der Waals surface area contributed by atoms with Crippen LogP contribution in [0, 0.1) is 0 Å². The Morgan fingerprint density at radius 1 is 0.739 bits per heavy atom. The number of unbranched alkanes of at least 4 members (excludes halogenated alkanes) is 11. The third-order valence-electron chi connectivity index (χ3n) is 3.81. The molecule has 23 heavy (non-hydrogen) atoms. The van der Waals surface area contributed by atoms with E-state index in [1.165, 1.54) is 82.8 Å². The highest BCUT2D eigenvalue weighted by Gasteiger charge is 1.99. The zero-order valence-corrected chi connectivity index (χ0v) is 14.7. The molecule has 0 atom stereocenters. The molecule has 0 spiro atoms. The number of rotatable bonds is 15. The van der Waals surface area contributed by atoms with Crippen LogP contribution in [-0.2, 0) is 4.79 Å². The molecule has 0 aromatic carbocycles. The molecule has 132 valence electrons. The Balaban J connectivity index is 3.33. The van der Waals surface area contributed by atoms with Crippen molar-refractivity contribution in [2.45, 2.75) is 84.0 Å². The number of hydrogen-bond acceptors (Lipinski definition) is 2. The van der Waals surface area contributed by atoms with Gasteiger partial charge in [0.15, 0.2) is 0 Å². The van der Waals surface area contributed by atoms with Gasteiger partial charge in [-0.3, -0.25) is 0 Å². The molecule has 0 amide bonds. The number of carboxylic acid groups (broad SMARTS) is 1. The second kappa shape index (κ2) is 16.9. The first-order chi connectivity index (χ1) is 11.2. The maximum atomic E-state index is 10.3. The summed E-state index contributed by atoms with van der Waals surface area (Å²) in [5.41, 5.74) is 0. The van der Waals surface area contributed by atoms with Gasteiger partial charge < -0.3 is 10.2 Å². The summed E-state index contributed by atoms with van der Waals surface area (Å²) in [5, 5.41) is 17.4. The lowest BCUT2D eigenvalue weighted by Crippen LogP contribution is -1.97. The van der Waals surface area contributed by atoms with E-state index in [1.54, 1.807) is 6.08 Å². The molecule has 0 aliphatic rings. The molecule has 0 bridgehead atoms. The van der Waals surface area contributed by atoms with Gasteiger partial charge in [0.25, 0.3) is 0 Å². The minimum Gasteiger partial charge on any atom is -0.502 e. The number of aliphatic hydroxyl groups is 1. The van der Waals surface area contributed by atoms with Crippen molar-refractivity contribution >= 4 is 5.97 Å². The van der Waals surface area contributed by atoms with Crippen LogP contribution < -0.4 is 0 Å². The predicted octanol–water partition coefficient (Wildman–Crippen LogP) is 6.33. The normalized spacial score (nSPS) is 12.5. The van der Waals surface area contributed by atoms with Crippen molar-refractivity contribution in [1.82, 2.24) is 0 Å². The third-order valence-corrected chi connectivity index (χ3v) is 3.81. The highest BCUT2D eigenvalue weighted by atomic mass is 16.4. The Kier molecular flexibility index (Phi) is 15.7. The molecule has 0 saturated heterocycles. The lowest BCUT2D eigenvalue weighted by Gasteiger charge is -2.01. The maximum Gasteiger partial charge on any atom is 0.370 e. The Morgan fingerprint density at radius 2 is 1.26 bits per heavy atom. The van der Waals surface area contributed by atoms with Crippen molar-refractivity contribution in [3.8, 4) is 0 Å². The summed E-state index contributed by atoms with van der Waals surface area (Å²) >= 11 is 0. The van der Waals surface area contributed by atoms with Crippen molar-refractivity contribution in [2.75, 3.05) is 0 Å². The quantitative estimate of drug-likeness (QED) is 0.160. The van der Waals surface area contributed by atoms with E-state index >= 15 is 0 Å². The molecule has 0 aromatic rings. The van der Waals surface area contributed by atoms with Gasteiger partial charge in [0.1, 0.15) is 0 Å². The summed E-state index contributed by atoms with van der Waals surface area (Å²) < 4.78 is 0. The first-order valence-electron chi connectivity index (χ1n) is 9.14. The largest absolute Gasteiger partial charge is 0.502 e. The lowest BCUT2D eigenvalue weighted by molar-refractivity contribution is -0.135. The molecule has 0 aromatic heterocycles. The molecule has 3 heteroatoms. The number of carbonyl (C=O) groups is 1. The van der Waals surface area contributed by atoms with Crippen molar-refractivity contribution in [3.05, 3.63) is 36.1 Å². The molecule has 2 N–H and O–H groups in total. The Morgan fingerprint density at radius 3 is 1.78 bits per heavy atom. The Hall–Kier alpha value is -1.51. The minimum atomic E-state index is -1.31. The second-order valence-corrected chi connectivity index (χ2v) is 5.99. The van der Waals surface area contributed by atoms with Crippen LogP contribution in [0.15, 0.2) is 36.1 Å². The fourth-order valence-corrected chi connectivity index (χ4v) is 2.38. The van der Waals surface area contributed by atoms with Crippen molar-refractivity contribution in [2.24, 2.45) is 0 Å². The molecule has 0 aliphatic carbocycles. The van der Waals surface area contributed by atoms with E-state index in [0.29, 0.717) is 0 Å². The zero-order chi connectivity index (χ0) is 17.2. The van der Waals surface area contributed by atoms with Crippen LogP contribution >= 0.6 is 0 Å². The number of hydrogen-bond donors (Lipinski definition) is 2. The summed E-state index contributed by atoms with van der Waals surface area (Å²) in [5.74, 6) is -1.94. The van der Waals surface area contributed by atoms with Crippen molar-refractivity contribution < 1.29 is 15.0 Å². The predicted molar refractivity (Wildman–Crippen MR) is 97.7 cm³/mol. The third kappa shape index (κ3) is 16.7. The van der Waals surface area contributed by atoms with Gasteiger partial charge in [-0.15, -0.1) is 0 Å². The van der Waals surface area contributed by atoms with Crippen molar-refractivity contribution in [1.29, 1.82) is 0 Å². The van der Waals surface area contributed by atoms with Gasteiger partial charge in [0.2, 0.25) is 5.76 Å². The van der Waals surface area contributed by atoms with E-state index in [4.69, 9.17) is 10.2 Å². The number of aliphatic carboxylic acids is 1. The van der Waals surface area contributed by atoms with Gasteiger partial charge in [-0.2, -0.15) is 0 Å². The fourth-order valence-electron chi connectivity index (χ4n) is 2.38. The van der Waals surface area contributed by atoms with E-state index in [-0.39, 0.29) is 0 Å². The standard InChI is InChI=1S/C20H34O3/c1-2-3-4-5-6-7-8-9-10-11-12-13-14-15-16-17-18-19(21)20(22)23/h14-18,21H,2-13H2,1H3,(H,22,23)/b15-14+,17-16+,19-18-. The molecule has 0 heterocycles. The maximum absolute atomic E-state index is 10.3. The molecular formula is C20H34O3. The highest BCUT2D eigenvalue weighted by Crippen LogP contribution is 2.11. The average molecular weight is 322 g/mol. The summed E-state index contributed by atoms with van der Waals surface area (Å²) in [7, 11) is 0. The Labute approximate surface area is 141 Å². The fraction of sp³-hybridized carbons (Fsp3) is 0.650. The summed E-state index contributed by atoms with van der Waals surface area (Å²) in [6.07, 6.45) is 24.3. The molecule has 0 aliphatic heterocycles. The smallest absolute Gasteiger partial charge is 0.370 e. The van der Waals surface area contributed by atoms with Crippen LogP contribution in [0.25, 0.3) is 0 Å². The molecular weight excluding hydrogens is 288 g/mol. The summed E-state index contributed by atoms with van der Waals surface area (Å²) in [6.45, 7) is 2.26. The molecule has 0 rings (SSSR count). The molecule has 0 saturated carbocycles. The van der Waals surface area contributed by atoms with Crippen LogP contribution in [-0.4, -0.2) is 16.2 Å². The van der Waals surface area contributed by atoms with E-state index in [1.807, 2.05) is 6.08 Å². The first kappa shape index (κ1) is 21.5.